The van der Waals surface area contributed by atoms with Crippen molar-refractivity contribution >= 4 is 29.2 Å². The van der Waals surface area contributed by atoms with Gasteiger partial charge in [-0.1, -0.05) is 13.8 Å². The van der Waals surface area contributed by atoms with Crippen molar-refractivity contribution in [3.05, 3.63) is 46.8 Å². The number of hydrogen-bond donors (Lipinski definition) is 3. The number of esters is 1. The first kappa shape index (κ1) is 19.2. The molecule has 7 heteroatoms. The highest BCUT2D eigenvalue weighted by Crippen LogP contribution is 2.21. The van der Waals surface area contributed by atoms with Gasteiger partial charge in [0.2, 0.25) is 5.91 Å². The molecule has 26 heavy (non-hydrogen) atoms. The number of nitrogens with one attached hydrogen (secondary N) is 3. The molecular formula is C19H23N3O4. The summed E-state index contributed by atoms with van der Waals surface area (Å²) in [6.07, 6.45) is 0. The summed E-state index contributed by atoms with van der Waals surface area (Å²) in [5.41, 5.74) is 3.01. The summed E-state index contributed by atoms with van der Waals surface area (Å²) in [7, 11) is 1.30. The van der Waals surface area contributed by atoms with Crippen LogP contribution in [0.15, 0.2) is 24.3 Å². The third-order valence-corrected chi connectivity index (χ3v) is 3.99. The summed E-state index contributed by atoms with van der Waals surface area (Å²) in [5, 5.41) is 5.55. The molecule has 1 aromatic carbocycles. The average Bonchev–Trinajstić information content (AvgIpc) is 2.90. The second-order valence-electron chi connectivity index (χ2n) is 6.29. The molecule has 0 saturated carbocycles. The predicted octanol–water partition coefficient (Wildman–Crippen LogP) is 3.26. The molecule has 2 amide bonds. The number of aryl methyl sites for hydroxylation is 1. The Labute approximate surface area is 152 Å². The summed E-state index contributed by atoms with van der Waals surface area (Å²) < 4.78 is 4.75. The molecule has 138 valence electrons. The molecule has 3 N–H and O–H groups in total. The topological polar surface area (TPSA) is 100 Å². The Bertz CT molecular complexity index is 835. The van der Waals surface area contributed by atoms with E-state index in [-0.39, 0.29) is 17.7 Å². The van der Waals surface area contributed by atoms with Crippen molar-refractivity contribution in [1.82, 2.24) is 4.98 Å². The Hall–Kier alpha value is -3.09. The molecule has 0 spiro atoms. The van der Waals surface area contributed by atoms with Crippen molar-refractivity contribution in [3.63, 3.8) is 0 Å². The van der Waals surface area contributed by atoms with Crippen LogP contribution in [0.1, 0.15) is 46.0 Å². The lowest BCUT2D eigenvalue weighted by atomic mass is 10.1. The minimum absolute atomic E-state index is 0.0744. The largest absolute Gasteiger partial charge is 0.465 e. The zero-order valence-electron chi connectivity index (χ0n) is 15.5. The van der Waals surface area contributed by atoms with Crippen LogP contribution in [-0.2, 0) is 9.53 Å². The van der Waals surface area contributed by atoms with E-state index in [1.54, 1.807) is 38.1 Å². The van der Waals surface area contributed by atoms with Crippen molar-refractivity contribution in [2.45, 2.75) is 27.7 Å². The molecule has 0 aliphatic heterocycles. The number of H-pyrrole nitrogens is 1. The van der Waals surface area contributed by atoms with Crippen LogP contribution in [0.2, 0.25) is 0 Å². The van der Waals surface area contributed by atoms with Crippen LogP contribution in [0.3, 0.4) is 0 Å². The van der Waals surface area contributed by atoms with Gasteiger partial charge in [0, 0.05) is 23.0 Å². The fourth-order valence-electron chi connectivity index (χ4n) is 2.50. The zero-order chi connectivity index (χ0) is 19.4. The van der Waals surface area contributed by atoms with Gasteiger partial charge in [0.15, 0.2) is 0 Å². The van der Waals surface area contributed by atoms with Gasteiger partial charge in [-0.2, -0.15) is 0 Å². The number of ether oxygens (including phenoxy) is 1. The van der Waals surface area contributed by atoms with Gasteiger partial charge in [0.05, 0.1) is 12.7 Å². The number of amides is 2. The van der Waals surface area contributed by atoms with E-state index in [0.29, 0.717) is 33.9 Å². The number of hydrogen-bond acceptors (Lipinski definition) is 4. The van der Waals surface area contributed by atoms with Gasteiger partial charge in [-0.15, -0.1) is 0 Å². The summed E-state index contributed by atoms with van der Waals surface area (Å²) in [4.78, 5) is 38.9. The van der Waals surface area contributed by atoms with Crippen LogP contribution >= 0.6 is 0 Å². The lowest BCUT2D eigenvalue weighted by Crippen LogP contribution is -2.18. The molecule has 0 bridgehead atoms. The van der Waals surface area contributed by atoms with Crippen molar-refractivity contribution < 1.29 is 19.1 Å². The molecule has 0 unspecified atom stereocenters. The Balaban J connectivity index is 2.13. The molecule has 2 rings (SSSR count). The zero-order valence-corrected chi connectivity index (χ0v) is 15.5. The molecular weight excluding hydrogens is 334 g/mol. The van der Waals surface area contributed by atoms with Gasteiger partial charge in [-0.05, 0) is 43.7 Å². The molecule has 1 heterocycles. The molecule has 0 atom stereocenters. The minimum Gasteiger partial charge on any atom is -0.465 e. The number of aromatic nitrogens is 1. The van der Waals surface area contributed by atoms with Crippen LogP contribution < -0.4 is 10.6 Å². The van der Waals surface area contributed by atoms with Crippen LogP contribution in [0.5, 0.6) is 0 Å². The van der Waals surface area contributed by atoms with Gasteiger partial charge < -0.3 is 20.4 Å². The molecule has 0 aliphatic carbocycles. The molecule has 0 fully saturated rings. The van der Waals surface area contributed by atoms with Gasteiger partial charge in [-0.25, -0.2) is 4.79 Å². The Morgan fingerprint density at radius 2 is 1.54 bits per heavy atom. The molecule has 0 aliphatic rings. The first-order valence-electron chi connectivity index (χ1n) is 8.24. The van der Waals surface area contributed by atoms with Gasteiger partial charge >= 0.3 is 5.97 Å². The smallest absolute Gasteiger partial charge is 0.339 e. The minimum atomic E-state index is -0.486. The fourth-order valence-corrected chi connectivity index (χ4v) is 2.50. The van der Waals surface area contributed by atoms with Crippen molar-refractivity contribution in [1.29, 1.82) is 0 Å². The van der Waals surface area contributed by atoms with Gasteiger partial charge in [0.25, 0.3) is 5.91 Å². The maximum atomic E-state index is 12.5. The fraction of sp³-hybridized carbons (Fsp3) is 0.316. The Morgan fingerprint density at radius 3 is 2.04 bits per heavy atom. The number of rotatable bonds is 5. The van der Waals surface area contributed by atoms with E-state index in [1.807, 2.05) is 13.8 Å². The summed E-state index contributed by atoms with van der Waals surface area (Å²) in [6.45, 7) is 7.03. The summed E-state index contributed by atoms with van der Waals surface area (Å²) >= 11 is 0. The second-order valence-corrected chi connectivity index (χ2v) is 6.29. The monoisotopic (exact) mass is 357 g/mol. The van der Waals surface area contributed by atoms with Crippen LogP contribution in [0.25, 0.3) is 0 Å². The molecule has 7 nitrogen and oxygen atoms in total. The number of aromatic amines is 1. The average molecular weight is 357 g/mol. The number of anilines is 2. The van der Waals surface area contributed by atoms with E-state index >= 15 is 0 Å². The van der Waals surface area contributed by atoms with E-state index in [1.165, 1.54) is 7.11 Å². The molecule has 0 radical (unpaired) electrons. The van der Waals surface area contributed by atoms with E-state index < -0.39 is 5.97 Å². The van der Waals surface area contributed by atoms with Crippen molar-refractivity contribution in [3.8, 4) is 0 Å². The number of benzene rings is 1. The van der Waals surface area contributed by atoms with Crippen molar-refractivity contribution in [2.24, 2.45) is 5.92 Å². The molecule has 2 aromatic rings. The SMILES string of the molecule is COC(=O)c1c(C)[nH]c(C(=O)Nc2ccc(NC(=O)C(C)C)cc2)c1C. The Kier molecular flexibility index (Phi) is 5.82. The lowest BCUT2D eigenvalue weighted by Gasteiger charge is -2.09. The maximum Gasteiger partial charge on any atom is 0.339 e. The maximum absolute atomic E-state index is 12.5. The summed E-state index contributed by atoms with van der Waals surface area (Å²) in [6, 6.07) is 6.81. The standard InChI is InChI=1S/C19H23N3O4/c1-10(2)17(23)21-13-6-8-14(9-7-13)22-18(24)16-11(3)15(12(4)20-16)19(25)26-5/h6-10,20H,1-5H3,(H,21,23)(H,22,24). The van der Waals surface area contributed by atoms with Gasteiger partial charge in [-0.3, -0.25) is 9.59 Å². The second kappa shape index (κ2) is 7.86. The van der Waals surface area contributed by atoms with Crippen LogP contribution in [0.4, 0.5) is 11.4 Å². The van der Waals surface area contributed by atoms with Gasteiger partial charge in [0.1, 0.15) is 5.69 Å². The quantitative estimate of drug-likeness (QED) is 0.715. The predicted molar refractivity (Wildman–Crippen MR) is 99.5 cm³/mol. The third kappa shape index (κ3) is 4.11. The highest BCUT2D eigenvalue weighted by Gasteiger charge is 2.22. The number of carbonyl (C=O) groups excluding carboxylic acids is 3. The van der Waals surface area contributed by atoms with E-state index in [9.17, 15) is 14.4 Å². The van der Waals surface area contributed by atoms with Crippen LogP contribution in [-0.4, -0.2) is 29.9 Å². The normalized spacial score (nSPS) is 10.5. The third-order valence-electron chi connectivity index (χ3n) is 3.99. The highest BCUT2D eigenvalue weighted by atomic mass is 16.5. The van der Waals surface area contributed by atoms with Crippen LogP contribution in [0, 0.1) is 19.8 Å². The highest BCUT2D eigenvalue weighted by molar-refractivity contribution is 6.07. The lowest BCUT2D eigenvalue weighted by molar-refractivity contribution is -0.118. The number of carbonyl (C=O) groups is 3. The molecule has 1 aromatic heterocycles. The summed E-state index contributed by atoms with van der Waals surface area (Å²) in [5.74, 6) is -1.03. The van der Waals surface area contributed by atoms with E-state index in [2.05, 4.69) is 15.6 Å². The Morgan fingerprint density at radius 1 is 1.00 bits per heavy atom. The van der Waals surface area contributed by atoms with E-state index in [0.717, 1.165) is 0 Å². The first-order chi connectivity index (χ1) is 12.2. The van der Waals surface area contributed by atoms with Crippen molar-refractivity contribution in [2.75, 3.05) is 17.7 Å². The number of methoxy groups -OCH3 is 1. The first-order valence-corrected chi connectivity index (χ1v) is 8.24. The van der Waals surface area contributed by atoms with E-state index in [4.69, 9.17) is 4.74 Å². The molecule has 0 saturated heterocycles.